The van der Waals surface area contributed by atoms with Crippen molar-refractivity contribution in [1.82, 2.24) is 5.32 Å². The predicted octanol–water partition coefficient (Wildman–Crippen LogP) is 6.56. The van der Waals surface area contributed by atoms with Crippen LogP contribution in [0.3, 0.4) is 0 Å². The Kier molecular flexibility index (Phi) is 6.21. The quantitative estimate of drug-likeness (QED) is 0.585. The van der Waals surface area contributed by atoms with Crippen molar-refractivity contribution in [3.05, 3.63) is 53.6 Å². The van der Waals surface area contributed by atoms with E-state index in [1.807, 2.05) is 24.3 Å². The second-order valence-electron chi connectivity index (χ2n) is 4.37. The van der Waals surface area contributed by atoms with Gasteiger partial charge in [-0.05, 0) is 42.8 Å². The molecule has 2 rings (SSSR count). The summed E-state index contributed by atoms with van der Waals surface area (Å²) in [5, 5.41) is 4.18. The number of halogens is 4. The van der Waals surface area contributed by atoms with Gasteiger partial charge in [0.1, 0.15) is 0 Å². The van der Waals surface area contributed by atoms with Crippen molar-refractivity contribution in [2.24, 2.45) is 0 Å². The van der Waals surface area contributed by atoms with Crippen LogP contribution in [0.2, 0.25) is 13.7 Å². The van der Waals surface area contributed by atoms with Crippen LogP contribution in [0.25, 0.3) is 0 Å². The summed E-state index contributed by atoms with van der Waals surface area (Å²) >= 11 is 23.4. The molecule has 20 heavy (non-hydrogen) atoms. The summed E-state index contributed by atoms with van der Waals surface area (Å²) in [6.07, 6.45) is 1.04. The zero-order chi connectivity index (χ0) is 14.7. The molecule has 108 valence electrons. The molecule has 2 aromatic rings. The SMILES string of the molecule is CCCNC(c1cc(Cl)cc(Br)c1)c1cc(Cl)sc1Cl. The van der Waals surface area contributed by atoms with Crippen molar-refractivity contribution in [1.29, 1.82) is 0 Å². The Morgan fingerprint density at radius 3 is 2.50 bits per heavy atom. The molecule has 1 aromatic carbocycles. The molecular weight excluding hydrogens is 400 g/mol. The number of hydrogen-bond acceptors (Lipinski definition) is 2. The molecule has 1 aromatic heterocycles. The Labute approximate surface area is 146 Å². The molecule has 0 radical (unpaired) electrons. The maximum absolute atomic E-state index is 6.30. The van der Waals surface area contributed by atoms with Crippen LogP contribution in [0.1, 0.15) is 30.5 Å². The topological polar surface area (TPSA) is 12.0 Å². The number of nitrogens with one attached hydrogen (secondary N) is 1. The normalized spacial score (nSPS) is 12.7. The van der Waals surface area contributed by atoms with Crippen LogP contribution in [-0.2, 0) is 0 Å². The fourth-order valence-electron chi connectivity index (χ4n) is 1.99. The molecule has 0 bridgehead atoms. The third kappa shape index (κ3) is 4.12. The van der Waals surface area contributed by atoms with Crippen molar-refractivity contribution in [3.63, 3.8) is 0 Å². The minimum absolute atomic E-state index is 0.0128. The van der Waals surface area contributed by atoms with Crippen LogP contribution in [0, 0.1) is 0 Å². The monoisotopic (exact) mass is 411 g/mol. The molecule has 0 aliphatic carbocycles. The van der Waals surface area contributed by atoms with E-state index in [-0.39, 0.29) is 6.04 Å². The molecule has 0 fully saturated rings. The highest BCUT2D eigenvalue weighted by Gasteiger charge is 2.19. The lowest BCUT2D eigenvalue weighted by molar-refractivity contribution is 0.600. The van der Waals surface area contributed by atoms with E-state index in [0.29, 0.717) is 13.7 Å². The van der Waals surface area contributed by atoms with E-state index < -0.39 is 0 Å². The van der Waals surface area contributed by atoms with Crippen molar-refractivity contribution in [2.45, 2.75) is 19.4 Å². The first kappa shape index (κ1) is 16.6. The van der Waals surface area contributed by atoms with Crippen LogP contribution in [0.4, 0.5) is 0 Å². The Hall–Kier alpha value is 0.230. The lowest BCUT2D eigenvalue weighted by Gasteiger charge is -2.19. The van der Waals surface area contributed by atoms with Crippen LogP contribution in [0.15, 0.2) is 28.7 Å². The average Bonchev–Trinajstić information content (AvgIpc) is 2.68. The highest BCUT2D eigenvalue weighted by atomic mass is 79.9. The Morgan fingerprint density at radius 2 is 1.95 bits per heavy atom. The predicted molar refractivity (Wildman–Crippen MR) is 93.6 cm³/mol. The van der Waals surface area contributed by atoms with Gasteiger partial charge in [-0.25, -0.2) is 0 Å². The highest BCUT2D eigenvalue weighted by Crippen LogP contribution is 2.38. The van der Waals surface area contributed by atoms with Gasteiger partial charge in [-0.2, -0.15) is 0 Å². The molecule has 0 amide bonds. The largest absolute Gasteiger partial charge is 0.306 e. The molecule has 1 atom stereocenters. The van der Waals surface area contributed by atoms with Gasteiger partial charge in [0.15, 0.2) is 0 Å². The van der Waals surface area contributed by atoms with Gasteiger partial charge in [-0.3, -0.25) is 0 Å². The summed E-state index contributed by atoms with van der Waals surface area (Å²) in [6.45, 7) is 3.01. The first-order valence-corrected chi connectivity index (χ1v) is 8.89. The minimum Gasteiger partial charge on any atom is -0.306 e. The third-order valence-electron chi connectivity index (χ3n) is 2.81. The zero-order valence-electron chi connectivity index (χ0n) is 10.7. The summed E-state index contributed by atoms with van der Waals surface area (Å²) < 4.78 is 2.34. The van der Waals surface area contributed by atoms with Gasteiger partial charge in [0, 0.05) is 15.1 Å². The molecule has 1 heterocycles. The number of hydrogen-bond donors (Lipinski definition) is 1. The van der Waals surface area contributed by atoms with E-state index in [1.54, 1.807) is 0 Å². The van der Waals surface area contributed by atoms with Gasteiger partial charge in [0.25, 0.3) is 0 Å². The second kappa shape index (κ2) is 7.48. The Morgan fingerprint density at radius 1 is 1.20 bits per heavy atom. The number of benzene rings is 1. The van der Waals surface area contributed by atoms with Crippen LogP contribution < -0.4 is 5.32 Å². The van der Waals surface area contributed by atoms with E-state index >= 15 is 0 Å². The molecule has 0 spiro atoms. The van der Waals surface area contributed by atoms with Gasteiger partial charge < -0.3 is 5.32 Å². The molecule has 0 aliphatic heterocycles. The van der Waals surface area contributed by atoms with Gasteiger partial charge in [0.2, 0.25) is 0 Å². The van der Waals surface area contributed by atoms with Gasteiger partial charge >= 0.3 is 0 Å². The average molecular weight is 414 g/mol. The standard InChI is InChI=1S/C14H13BrCl3NS/c1-2-3-19-13(11-7-12(17)20-14(11)18)8-4-9(15)6-10(16)5-8/h4-7,13,19H,2-3H2,1H3. The molecule has 0 aliphatic rings. The van der Waals surface area contributed by atoms with E-state index in [4.69, 9.17) is 34.8 Å². The van der Waals surface area contributed by atoms with Gasteiger partial charge in [-0.15, -0.1) is 11.3 Å². The smallest absolute Gasteiger partial charge is 0.0995 e. The van der Waals surface area contributed by atoms with Crippen LogP contribution in [0.5, 0.6) is 0 Å². The molecular formula is C14H13BrCl3NS. The Bertz CT molecular complexity index is 580. The van der Waals surface area contributed by atoms with Gasteiger partial charge in [0.05, 0.1) is 14.7 Å². The Balaban J connectivity index is 2.43. The molecule has 6 heteroatoms. The first-order chi connectivity index (χ1) is 9.51. The van der Waals surface area contributed by atoms with Crippen molar-refractivity contribution >= 4 is 62.1 Å². The molecule has 0 saturated heterocycles. The van der Waals surface area contributed by atoms with E-state index in [2.05, 4.69) is 28.2 Å². The van der Waals surface area contributed by atoms with E-state index in [9.17, 15) is 0 Å². The van der Waals surface area contributed by atoms with Crippen LogP contribution >= 0.6 is 62.1 Å². The summed E-state index contributed by atoms with van der Waals surface area (Å²) in [4.78, 5) is 0. The van der Waals surface area contributed by atoms with Crippen molar-refractivity contribution in [3.8, 4) is 0 Å². The maximum Gasteiger partial charge on any atom is 0.0995 e. The van der Waals surface area contributed by atoms with E-state index in [1.165, 1.54) is 11.3 Å². The second-order valence-corrected chi connectivity index (χ2v) is 8.01. The molecule has 0 saturated carbocycles. The summed E-state index contributed by atoms with van der Waals surface area (Å²) in [5.74, 6) is 0. The molecule has 1 unspecified atom stereocenters. The summed E-state index contributed by atoms with van der Waals surface area (Å²) in [5.41, 5.74) is 2.05. The zero-order valence-corrected chi connectivity index (χ0v) is 15.4. The lowest BCUT2D eigenvalue weighted by atomic mass is 10.0. The summed E-state index contributed by atoms with van der Waals surface area (Å²) in [7, 11) is 0. The number of rotatable bonds is 5. The maximum atomic E-state index is 6.30. The molecule has 1 nitrogen and oxygen atoms in total. The minimum atomic E-state index is -0.0128. The molecule has 1 N–H and O–H groups in total. The fourth-order valence-corrected chi connectivity index (χ4v) is 4.41. The number of thiophene rings is 1. The first-order valence-electron chi connectivity index (χ1n) is 6.15. The van der Waals surface area contributed by atoms with E-state index in [0.717, 1.165) is 28.6 Å². The van der Waals surface area contributed by atoms with Gasteiger partial charge in [-0.1, -0.05) is 57.7 Å². The third-order valence-corrected chi connectivity index (χ3v) is 5.00. The van der Waals surface area contributed by atoms with Crippen molar-refractivity contribution < 1.29 is 0 Å². The highest BCUT2D eigenvalue weighted by molar-refractivity contribution is 9.10. The van der Waals surface area contributed by atoms with Crippen molar-refractivity contribution in [2.75, 3.05) is 6.54 Å². The van der Waals surface area contributed by atoms with Crippen LogP contribution in [-0.4, -0.2) is 6.54 Å². The lowest BCUT2D eigenvalue weighted by Crippen LogP contribution is -2.23. The fraction of sp³-hybridized carbons (Fsp3) is 0.286. The summed E-state index contributed by atoms with van der Waals surface area (Å²) in [6, 6.07) is 7.75.